The summed E-state index contributed by atoms with van der Waals surface area (Å²) in [6.07, 6.45) is 0.494. The van der Waals surface area contributed by atoms with Gasteiger partial charge >= 0.3 is 5.97 Å². The number of hydrogen-bond donors (Lipinski definition) is 1. The Hall–Kier alpha value is -2.17. The Balaban J connectivity index is 2.22. The van der Waals surface area contributed by atoms with Crippen LogP contribution >= 0.6 is 0 Å². The summed E-state index contributed by atoms with van der Waals surface area (Å²) in [6, 6.07) is 6.59. The highest BCUT2D eigenvalue weighted by molar-refractivity contribution is 5.98. The lowest BCUT2D eigenvalue weighted by Gasteiger charge is -2.24. The molecule has 1 amide bonds. The topological polar surface area (TPSA) is 74.7 Å². The summed E-state index contributed by atoms with van der Waals surface area (Å²) < 4.78 is 0. The maximum atomic E-state index is 12.1. The molecule has 5 heteroatoms. The Morgan fingerprint density at radius 2 is 2.17 bits per heavy atom. The number of aliphatic carboxylic acids is 1. The SMILES string of the molecule is O=CCC(CC(=O)O)N1Cc2ccccc2C1=O. The number of amides is 1. The molecule has 94 valence electrons. The van der Waals surface area contributed by atoms with Crippen molar-refractivity contribution in [2.24, 2.45) is 0 Å². The molecule has 0 aliphatic carbocycles. The highest BCUT2D eigenvalue weighted by Crippen LogP contribution is 2.26. The summed E-state index contributed by atoms with van der Waals surface area (Å²) in [5.41, 5.74) is 1.47. The van der Waals surface area contributed by atoms with Gasteiger partial charge in [0.05, 0.1) is 6.42 Å². The van der Waals surface area contributed by atoms with Gasteiger partial charge in [0.2, 0.25) is 0 Å². The molecule has 0 spiro atoms. The Morgan fingerprint density at radius 3 is 2.78 bits per heavy atom. The van der Waals surface area contributed by atoms with E-state index in [1.807, 2.05) is 12.1 Å². The lowest BCUT2D eigenvalue weighted by atomic mass is 10.1. The van der Waals surface area contributed by atoms with Gasteiger partial charge in [-0.05, 0) is 11.6 Å². The van der Waals surface area contributed by atoms with Gasteiger partial charge in [0.1, 0.15) is 6.29 Å². The molecule has 1 aliphatic heterocycles. The fourth-order valence-corrected chi connectivity index (χ4v) is 2.21. The maximum Gasteiger partial charge on any atom is 0.305 e. The summed E-state index contributed by atoms with van der Waals surface area (Å²) in [5, 5.41) is 8.82. The van der Waals surface area contributed by atoms with Gasteiger partial charge in [0, 0.05) is 24.6 Å². The zero-order valence-electron chi connectivity index (χ0n) is 9.70. The van der Waals surface area contributed by atoms with E-state index < -0.39 is 12.0 Å². The minimum atomic E-state index is -1.01. The van der Waals surface area contributed by atoms with Crippen LogP contribution in [0.15, 0.2) is 24.3 Å². The molecule has 0 bridgehead atoms. The van der Waals surface area contributed by atoms with Gasteiger partial charge in [-0.2, -0.15) is 0 Å². The quantitative estimate of drug-likeness (QED) is 0.790. The number of fused-ring (bicyclic) bond motifs is 1. The van der Waals surface area contributed by atoms with E-state index in [1.165, 1.54) is 4.90 Å². The van der Waals surface area contributed by atoms with E-state index in [4.69, 9.17) is 5.11 Å². The third-order valence-corrected chi connectivity index (χ3v) is 3.07. The van der Waals surface area contributed by atoms with Gasteiger partial charge in [0.15, 0.2) is 0 Å². The lowest BCUT2D eigenvalue weighted by molar-refractivity contribution is -0.138. The highest BCUT2D eigenvalue weighted by atomic mass is 16.4. The number of rotatable bonds is 5. The number of carboxylic acids is 1. The third kappa shape index (κ3) is 2.25. The summed E-state index contributed by atoms with van der Waals surface area (Å²) in [5.74, 6) is -1.20. The molecule has 0 radical (unpaired) electrons. The molecular weight excluding hydrogens is 234 g/mol. The average Bonchev–Trinajstić information content (AvgIpc) is 2.66. The standard InChI is InChI=1S/C13H13NO4/c15-6-5-10(7-12(16)17)14-8-9-3-1-2-4-11(9)13(14)18/h1-4,6,10H,5,7-8H2,(H,16,17). The van der Waals surface area contributed by atoms with Crippen molar-refractivity contribution in [2.75, 3.05) is 0 Å². The molecule has 0 saturated carbocycles. The zero-order chi connectivity index (χ0) is 13.1. The maximum absolute atomic E-state index is 12.1. The number of carbonyl (C=O) groups is 3. The van der Waals surface area contributed by atoms with Crippen molar-refractivity contribution in [3.05, 3.63) is 35.4 Å². The second kappa shape index (κ2) is 5.00. The number of aldehydes is 1. The predicted octanol–water partition coefficient (Wildman–Crippen LogP) is 1.07. The lowest BCUT2D eigenvalue weighted by Crippen LogP contribution is -2.37. The molecular formula is C13H13NO4. The van der Waals surface area contributed by atoms with E-state index in [-0.39, 0.29) is 18.7 Å². The number of hydrogen-bond acceptors (Lipinski definition) is 3. The fraction of sp³-hybridized carbons (Fsp3) is 0.308. The summed E-state index contributed by atoms with van der Waals surface area (Å²) in [7, 11) is 0. The van der Waals surface area contributed by atoms with Crippen LogP contribution < -0.4 is 0 Å². The van der Waals surface area contributed by atoms with E-state index in [9.17, 15) is 14.4 Å². The van der Waals surface area contributed by atoms with Crippen LogP contribution in [-0.2, 0) is 16.1 Å². The minimum absolute atomic E-state index is 0.0476. The molecule has 2 rings (SSSR count). The molecule has 1 N–H and O–H groups in total. The van der Waals surface area contributed by atoms with Gasteiger partial charge in [0.25, 0.3) is 5.91 Å². The third-order valence-electron chi connectivity index (χ3n) is 3.07. The first-order valence-corrected chi connectivity index (χ1v) is 5.67. The van der Waals surface area contributed by atoms with E-state index in [2.05, 4.69) is 0 Å². The van der Waals surface area contributed by atoms with Gasteiger partial charge in [-0.25, -0.2) is 0 Å². The molecule has 1 unspecified atom stereocenters. The first-order chi connectivity index (χ1) is 8.63. The average molecular weight is 247 g/mol. The monoisotopic (exact) mass is 247 g/mol. The van der Waals surface area contributed by atoms with Crippen LogP contribution in [0.25, 0.3) is 0 Å². The molecule has 5 nitrogen and oxygen atoms in total. The molecule has 18 heavy (non-hydrogen) atoms. The van der Waals surface area contributed by atoms with Crippen LogP contribution in [0.1, 0.15) is 28.8 Å². The van der Waals surface area contributed by atoms with Crippen molar-refractivity contribution >= 4 is 18.2 Å². The second-order valence-corrected chi connectivity index (χ2v) is 4.24. The molecule has 0 fully saturated rings. The van der Waals surface area contributed by atoms with Crippen molar-refractivity contribution in [3.8, 4) is 0 Å². The van der Waals surface area contributed by atoms with Crippen LogP contribution in [0.4, 0.5) is 0 Å². The van der Waals surface area contributed by atoms with Crippen molar-refractivity contribution in [2.45, 2.75) is 25.4 Å². The van der Waals surface area contributed by atoms with Gasteiger partial charge in [-0.1, -0.05) is 18.2 Å². The highest BCUT2D eigenvalue weighted by Gasteiger charge is 2.33. The molecule has 1 heterocycles. The van der Waals surface area contributed by atoms with E-state index in [0.717, 1.165) is 5.56 Å². The number of benzene rings is 1. The van der Waals surface area contributed by atoms with Crippen LogP contribution in [0.5, 0.6) is 0 Å². The van der Waals surface area contributed by atoms with Crippen LogP contribution in [0.2, 0.25) is 0 Å². The Morgan fingerprint density at radius 1 is 1.44 bits per heavy atom. The molecule has 1 aliphatic rings. The van der Waals surface area contributed by atoms with Crippen LogP contribution in [0.3, 0.4) is 0 Å². The minimum Gasteiger partial charge on any atom is -0.481 e. The first-order valence-electron chi connectivity index (χ1n) is 5.67. The normalized spacial score (nSPS) is 15.3. The van der Waals surface area contributed by atoms with Crippen LogP contribution in [0, 0.1) is 0 Å². The van der Waals surface area contributed by atoms with Crippen molar-refractivity contribution in [1.29, 1.82) is 0 Å². The Bertz CT molecular complexity index is 498. The first kappa shape index (κ1) is 12.3. The number of carboxylic acid groups (broad SMARTS) is 1. The predicted molar refractivity (Wildman–Crippen MR) is 63.0 cm³/mol. The number of nitrogens with zero attached hydrogens (tertiary/aromatic N) is 1. The van der Waals surface area contributed by atoms with Crippen LogP contribution in [-0.4, -0.2) is 34.2 Å². The van der Waals surface area contributed by atoms with E-state index in [0.29, 0.717) is 18.4 Å². The molecule has 1 aromatic carbocycles. The zero-order valence-corrected chi connectivity index (χ0v) is 9.70. The summed E-state index contributed by atoms with van der Waals surface area (Å²) in [4.78, 5) is 34.9. The van der Waals surface area contributed by atoms with Crippen molar-refractivity contribution in [3.63, 3.8) is 0 Å². The number of carbonyl (C=O) groups excluding carboxylic acids is 2. The Kier molecular flexibility index (Phi) is 3.41. The summed E-state index contributed by atoms with van der Waals surface area (Å²) >= 11 is 0. The van der Waals surface area contributed by atoms with Gasteiger partial charge in [-0.15, -0.1) is 0 Å². The van der Waals surface area contributed by atoms with E-state index in [1.54, 1.807) is 12.1 Å². The molecule has 1 atom stereocenters. The largest absolute Gasteiger partial charge is 0.481 e. The second-order valence-electron chi connectivity index (χ2n) is 4.24. The fourth-order valence-electron chi connectivity index (χ4n) is 2.21. The molecule has 0 aromatic heterocycles. The van der Waals surface area contributed by atoms with Crippen molar-refractivity contribution in [1.82, 2.24) is 4.90 Å². The summed E-state index contributed by atoms with van der Waals surface area (Å²) in [6.45, 7) is 0.376. The molecule has 1 aromatic rings. The van der Waals surface area contributed by atoms with Gasteiger partial charge < -0.3 is 14.8 Å². The van der Waals surface area contributed by atoms with Gasteiger partial charge in [-0.3, -0.25) is 9.59 Å². The molecule has 0 saturated heterocycles. The van der Waals surface area contributed by atoms with Crippen molar-refractivity contribution < 1.29 is 19.5 Å². The Labute approximate surface area is 104 Å². The van der Waals surface area contributed by atoms with E-state index >= 15 is 0 Å². The smallest absolute Gasteiger partial charge is 0.305 e.